The molecular formula is C15H20N2S. The molecule has 0 bridgehead atoms. The van der Waals surface area contributed by atoms with Gasteiger partial charge >= 0.3 is 0 Å². The molecule has 3 heteroatoms. The number of aryl methyl sites for hydroxylation is 2. The first kappa shape index (κ1) is 13.3. The Bertz CT molecular complexity index is 491. The van der Waals surface area contributed by atoms with Crippen molar-refractivity contribution in [2.45, 2.75) is 26.4 Å². The van der Waals surface area contributed by atoms with Crippen molar-refractivity contribution in [1.82, 2.24) is 5.32 Å². The SMILES string of the molecule is Cc1ccc(C(CN)NCc2cccs2)c(C)c1. The molecule has 0 saturated carbocycles. The molecule has 0 fully saturated rings. The minimum Gasteiger partial charge on any atom is -0.329 e. The lowest BCUT2D eigenvalue weighted by molar-refractivity contribution is 0.543. The summed E-state index contributed by atoms with van der Waals surface area (Å²) >= 11 is 1.77. The Kier molecular flexibility index (Phi) is 4.53. The van der Waals surface area contributed by atoms with Crippen LogP contribution in [0.3, 0.4) is 0 Å². The largest absolute Gasteiger partial charge is 0.329 e. The molecule has 1 heterocycles. The van der Waals surface area contributed by atoms with Crippen LogP contribution in [0.5, 0.6) is 0 Å². The molecule has 0 aliphatic rings. The lowest BCUT2D eigenvalue weighted by Gasteiger charge is -2.19. The highest BCUT2D eigenvalue weighted by Crippen LogP contribution is 2.19. The van der Waals surface area contributed by atoms with E-state index in [0.29, 0.717) is 6.54 Å². The minimum atomic E-state index is 0.229. The van der Waals surface area contributed by atoms with Crippen molar-refractivity contribution < 1.29 is 0 Å². The van der Waals surface area contributed by atoms with Gasteiger partial charge in [0.2, 0.25) is 0 Å². The van der Waals surface area contributed by atoms with E-state index >= 15 is 0 Å². The first-order valence-electron chi connectivity index (χ1n) is 6.23. The number of rotatable bonds is 5. The normalized spacial score (nSPS) is 12.6. The van der Waals surface area contributed by atoms with Crippen LogP contribution in [0.2, 0.25) is 0 Å². The molecule has 0 aliphatic carbocycles. The fraction of sp³-hybridized carbons (Fsp3) is 0.333. The zero-order valence-corrected chi connectivity index (χ0v) is 11.8. The average molecular weight is 260 g/mol. The fourth-order valence-electron chi connectivity index (χ4n) is 2.17. The smallest absolute Gasteiger partial charge is 0.0450 e. The quantitative estimate of drug-likeness (QED) is 0.866. The first-order valence-corrected chi connectivity index (χ1v) is 7.11. The molecule has 2 aromatic rings. The molecule has 1 aromatic heterocycles. The highest BCUT2D eigenvalue weighted by Gasteiger charge is 2.11. The summed E-state index contributed by atoms with van der Waals surface area (Å²) in [4.78, 5) is 1.35. The van der Waals surface area contributed by atoms with Crippen molar-refractivity contribution >= 4 is 11.3 Å². The molecule has 0 aliphatic heterocycles. The summed E-state index contributed by atoms with van der Waals surface area (Å²) < 4.78 is 0. The van der Waals surface area contributed by atoms with Crippen molar-refractivity contribution in [3.05, 3.63) is 57.3 Å². The molecule has 0 amide bonds. The van der Waals surface area contributed by atoms with Crippen LogP contribution in [0.1, 0.15) is 27.6 Å². The molecule has 0 saturated heterocycles. The highest BCUT2D eigenvalue weighted by atomic mass is 32.1. The highest BCUT2D eigenvalue weighted by molar-refractivity contribution is 7.09. The summed E-state index contributed by atoms with van der Waals surface area (Å²) in [6.07, 6.45) is 0. The summed E-state index contributed by atoms with van der Waals surface area (Å²) in [5.74, 6) is 0. The summed E-state index contributed by atoms with van der Waals surface area (Å²) in [6, 6.07) is 11.0. The van der Waals surface area contributed by atoms with Crippen molar-refractivity contribution in [1.29, 1.82) is 0 Å². The van der Waals surface area contributed by atoms with Crippen LogP contribution in [-0.4, -0.2) is 6.54 Å². The predicted octanol–water partition coefficient (Wildman–Crippen LogP) is 3.15. The lowest BCUT2D eigenvalue weighted by Crippen LogP contribution is -2.28. The summed E-state index contributed by atoms with van der Waals surface area (Å²) in [7, 11) is 0. The maximum atomic E-state index is 5.89. The van der Waals surface area contributed by atoms with E-state index < -0.39 is 0 Å². The number of hydrogen-bond acceptors (Lipinski definition) is 3. The Hall–Kier alpha value is -1.16. The first-order chi connectivity index (χ1) is 8.70. The van der Waals surface area contributed by atoms with Crippen molar-refractivity contribution in [2.24, 2.45) is 5.73 Å². The van der Waals surface area contributed by atoms with Crippen LogP contribution in [-0.2, 0) is 6.54 Å². The van der Waals surface area contributed by atoms with Gasteiger partial charge in [-0.2, -0.15) is 0 Å². The number of benzene rings is 1. The van der Waals surface area contributed by atoms with E-state index in [4.69, 9.17) is 5.73 Å². The second-order valence-corrected chi connectivity index (χ2v) is 5.64. The number of nitrogens with two attached hydrogens (primary N) is 1. The third-order valence-corrected chi connectivity index (χ3v) is 4.02. The summed E-state index contributed by atoms with van der Waals surface area (Å²) in [6.45, 7) is 5.77. The van der Waals surface area contributed by atoms with Crippen molar-refractivity contribution in [3.63, 3.8) is 0 Å². The second-order valence-electron chi connectivity index (χ2n) is 4.61. The van der Waals surface area contributed by atoms with Crippen LogP contribution in [0.4, 0.5) is 0 Å². The summed E-state index contributed by atoms with van der Waals surface area (Å²) in [5.41, 5.74) is 9.80. The zero-order valence-electron chi connectivity index (χ0n) is 10.9. The number of nitrogens with one attached hydrogen (secondary N) is 1. The molecule has 3 N–H and O–H groups in total. The van der Waals surface area contributed by atoms with E-state index in [2.05, 4.69) is 54.9 Å². The Morgan fingerprint density at radius 1 is 1.28 bits per heavy atom. The Balaban J connectivity index is 2.08. The van der Waals surface area contributed by atoms with E-state index in [9.17, 15) is 0 Å². The number of hydrogen-bond donors (Lipinski definition) is 2. The van der Waals surface area contributed by atoms with Crippen LogP contribution >= 0.6 is 11.3 Å². The van der Waals surface area contributed by atoms with Gasteiger partial charge in [0.1, 0.15) is 0 Å². The van der Waals surface area contributed by atoms with Gasteiger partial charge in [0.15, 0.2) is 0 Å². The molecule has 96 valence electrons. The van der Waals surface area contributed by atoms with Gasteiger partial charge in [-0.15, -0.1) is 11.3 Å². The van der Waals surface area contributed by atoms with Gasteiger partial charge in [0.25, 0.3) is 0 Å². The molecule has 1 atom stereocenters. The maximum Gasteiger partial charge on any atom is 0.0450 e. The average Bonchev–Trinajstić information content (AvgIpc) is 2.85. The van der Waals surface area contributed by atoms with Crippen LogP contribution in [0.15, 0.2) is 35.7 Å². The van der Waals surface area contributed by atoms with Crippen molar-refractivity contribution in [2.75, 3.05) is 6.54 Å². The molecule has 2 rings (SSSR count). The molecule has 2 nitrogen and oxygen atoms in total. The fourth-order valence-corrected chi connectivity index (χ4v) is 2.83. The Labute approximate surface area is 113 Å². The van der Waals surface area contributed by atoms with Crippen LogP contribution in [0.25, 0.3) is 0 Å². The molecular weight excluding hydrogens is 240 g/mol. The predicted molar refractivity (Wildman–Crippen MR) is 78.9 cm³/mol. The van der Waals surface area contributed by atoms with Gasteiger partial charge in [0, 0.05) is 24.0 Å². The third-order valence-electron chi connectivity index (χ3n) is 3.14. The minimum absolute atomic E-state index is 0.229. The standard InChI is InChI=1S/C15H20N2S/c1-11-5-6-14(12(2)8-11)15(9-16)17-10-13-4-3-7-18-13/h3-8,15,17H,9-10,16H2,1-2H3. The molecule has 1 unspecified atom stereocenters. The summed E-state index contributed by atoms with van der Waals surface area (Å²) in [5, 5.41) is 5.64. The topological polar surface area (TPSA) is 38.0 Å². The lowest BCUT2D eigenvalue weighted by atomic mass is 9.99. The monoisotopic (exact) mass is 260 g/mol. The molecule has 18 heavy (non-hydrogen) atoms. The van der Waals surface area contributed by atoms with Gasteiger partial charge in [0.05, 0.1) is 0 Å². The Morgan fingerprint density at radius 2 is 2.11 bits per heavy atom. The van der Waals surface area contributed by atoms with Crippen LogP contribution in [0, 0.1) is 13.8 Å². The van der Waals surface area contributed by atoms with E-state index in [1.807, 2.05) is 0 Å². The van der Waals surface area contributed by atoms with Gasteiger partial charge in [-0.25, -0.2) is 0 Å². The van der Waals surface area contributed by atoms with E-state index in [1.165, 1.54) is 21.6 Å². The third kappa shape index (κ3) is 3.19. The Morgan fingerprint density at radius 3 is 2.72 bits per heavy atom. The maximum absolute atomic E-state index is 5.89. The van der Waals surface area contributed by atoms with Gasteiger partial charge in [-0.1, -0.05) is 29.8 Å². The van der Waals surface area contributed by atoms with Gasteiger partial charge in [-0.3, -0.25) is 0 Å². The van der Waals surface area contributed by atoms with E-state index in [0.717, 1.165) is 6.54 Å². The van der Waals surface area contributed by atoms with E-state index in [-0.39, 0.29) is 6.04 Å². The molecule has 0 radical (unpaired) electrons. The van der Waals surface area contributed by atoms with Gasteiger partial charge in [-0.05, 0) is 36.4 Å². The molecule has 1 aromatic carbocycles. The number of thiophene rings is 1. The van der Waals surface area contributed by atoms with E-state index in [1.54, 1.807) is 11.3 Å². The van der Waals surface area contributed by atoms with Gasteiger partial charge < -0.3 is 11.1 Å². The molecule has 0 spiro atoms. The van der Waals surface area contributed by atoms with Crippen molar-refractivity contribution in [3.8, 4) is 0 Å². The zero-order chi connectivity index (χ0) is 13.0. The van der Waals surface area contributed by atoms with Crippen LogP contribution < -0.4 is 11.1 Å². The second kappa shape index (κ2) is 6.14.